The number of carbonyl (C=O) groups is 1. The van der Waals surface area contributed by atoms with Crippen molar-refractivity contribution >= 4 is 5.97 Å². The molecule has 1 fully saturated rings. The predicted octanol–water partition coefficient (Wildman–Crippen LogP) is 1.20. The van der Waals surface area contributed by atoms with Crippen LogP contribution in [0.25, 0.3) is 0 Å². The maximum atomic E-state index is 11.1. The van der Waals surface area contributed by atoms with Gasteiger partial charge in [-0.3, -0.25) is 4.79 Å². The van der Waals surface area contributed by atoms with E-state index in [2.05, 4.69) is 23.6 Å². The minimum Gasteiger partial charge on any atom is -0.356 e. The van der Waals surface area contributed by atoms with Crippen LogP contribution in [0.5, 0.6) is 0 Å². The van der Waals surface area contributed by atoms with Crippen molar-refractivity contribution in [3.8, 4) is 0 Å². The third-order valence-electron chi connectivity index (χ3n) is 4.22. The highest BCUT2D eigenvalue weighted by atomic mass is 16.7. The highest BCUT2D eigenvalue weighted by Gasteiger charge is 2.31. The molecule has 1 saturated heterocycles. The van der Waals surface area contributed by atoms with E-state index in [4.69, 9.17) is 5.84 Å². The van der Waals surface area contributed by atoms with Gasteiger partial charge >= 0.3 is 5.97 Å². The van der Waals surface area contributed by atoms with Gasteiger partial charge in [-0.1, -0.05) is 32.3 Å². The van der Waals surface area contributed by atoms with Crippen molar-refractivity contribution in [1.82, 2.24) is 10.5 Å². The molecular formula is C12H25N3O2. The molecule has 0 amide bonds. The number of hydrogen-bond donors (Lipinski definition) is 2. The van der Waals surface area contributed by atoms with Crippen molar-refractivity contribution in [3.63, 3.8) is 0 Å². The Morgan fingerprint density at radius 1 is 1.35 bits per heavy atom. The Hall–Kier alpha value is -0.650. The number of nitrogens with one attached hydrogen (secondary N) is 1. The summed E-state index contributed by atoms with van der Waals surface area (Å²) in [4.78, 5) is 17.9. The second-order valence-electron chi connectivity index (χ2n) is 4.89. The molecule has 0 aliphatic carbocycles. The van der Waals surface area contributed by atoms with Crippen LogP contribution >= 0.6 is 0 Å². The van der Waals surface area contributed by atoms with Gasteiger partial charge in [0.05, 0.1) is 6.42 Å². The molecule has 0 bridgehead atoms. The average molecular weight is 243 g/mol. The van der Waals surface area contributed by atoms with Crippen molar-refractivity contribution < 1.29 is 9.63 Å². The van der Waals surface area contributed by atoms with Crippen LogP contribution in [-0.2, 0) is 9.63 Å². The van der Waals surface area contributed by atoms with E-state index in [9.17, 15) is 4.79 Å². The van der Waals surface area contributed by atoms with Crippen LogP contribution in [0.2, 0.25) is 0 Å². The molecule has 100 valence electrons. The molecule has 0 aromatic rings. The molecule has 5 nitrogen and oxygen atoms in total. The van der Waals surface area contributed by atoms with Crippen molar-refractivity contribution in [2.45, 2.75) is 46.0 Å². The second-order valence-corrected chi connectivity index (χ2v) is 4.89. The highest BCUT2D eigenvalue weighted by molar-refractivity contribution is 5.69. The Balaban J connectivity index is 2.25. The molecule has 0 aromatic heterocycles. The molecule has 1 aliphatic rings. The molecule has 1 heterocycles. The van der Waals surface area contributed by atoms with Gasteiger partial charge in [0.1, 0.15) is 0 Å². The van der Waals surface area contributed by atoms with Gasteiger partial charge in [0.2, 0.25) is 0 Å². The fraction of sp³-hybridized carbons (Fsp3) is 0.917. The first-order valence-electron chi connectivity index (χ1n) is 6.53. The SMILES string of the molecule is CCC1(CC)CCN(CCC(=O)ONN)CC1. The summed E-state index contributed by atoms with van der Waals surface area (Å²) >= 11 is 0. The maximum Gasteiger partial charge on any atom is 0.327 e. The highest BCUT2D eigenvalue weighted by Crippen LogP contribution is 2.37. The Kier molecular flexibility index (Phi) is 5.88. The minimum absolute atomic E-state index is 0.296. The molecule has 17 heavy (non-hydrogen) atoms. The molecule has 0 aromatic carbocycles. The van der Waals surface area contributed by atoms with Crippen LogP contribution in [0, 0.1) is 5.41 Å². The van der Waals surface area contributed by atoms with Crippen LogP contribution in [0.4, 0.5) is 0 Å². The third kappa shape index (κ3) is 4.26. The first-order valence-corrected chi connectivity index (χ1v) is 6.53. The van der Waals surface area contributed by atoms with Crippen molar-refractivity contribution in [3.05, 3.63) is 0 Å². The first-order chi connectivity index (χ1) is 8.15. The van der Waals surface area contributed by atoms with E-state index < -0.39 is 0 Å². The number of carbonyl (C=O) groups excluding carboxylic acids is 1. The summed E-state index contributed by atoms with van der Waals surface area (Å²) in [6.45, 7) is 7.51. The van der Waals surface area contributed by atoms with E-state index in [1.165, 1.54) is 25.7 Å². The molecule has 0 radical (unpaired) electrons. The molecule has 1 aliphatic heterocycles. The summed E-state index contributed by atoms with van der Waals surface area (Å²) in [6.07, 6.45) is 5.40. The number of nitrogens with zero attached hydrogens (tertiary/aromatic N) is 1. The largest absolute Gasteiger partial charge is 0.356 e. The molecule has 0 saturated carbocycles. The van der Waals surface area contributed by atoms with E-state index in [0.717, 1.165) is 19.6 Å². The lowest BCUT2D eigenvalue weighted by molar-refractivity contribution is -0.151. The number of likely N-dealkylation sites (tertiary alicyclic amines) is 1. The van der Waals surface area contributed by atoms with E-state index in [1.807, 2.05) is 5.59 Å². The number of nitrogens with two attached hydrogens (primary N) is 1. The molecule has 5 heteroatoms. The zero-order chi connectivity index (χ0) is 12.7. The summed E-state index contributed by atoms with van der Waals surface area (Å²) in [5, 5.41) is 0. The van der Waals surface area contributed by atoms with Gasteiger partial charge < -0.3 is 9.74 Å². The topological polar surface area (TPSA) is 67.6 Å². The second kappa shape index (κ2) is 6.93. The lowest BCUT2D eigenvalue weighted by Gasteiger charge is -2.40. The van der Waals surface area contributed by atoms with Crippen LogP contribution in [0.3, 0.4) is 0 Å². The zero-order valence-electron chi connectivity index (χ0n) is 11.0. The summed E-state index contributed by atoms with van der Waals surface area (Å²) in [6, 6.07) is 0. The Morgan fingerprint density at radius 2 is 1.94 bits per heavy atom. The van der Waals surface area contributed by atoms with Crippen LogP contribution < -0.4 is 11.4 Å². The van der Waals surface area contributed by atoms with Gasteiger partial charge in [0, 0.05) is 6.54 Å². The molecule has 0 unspecified atom stereocenters. The zero-order valence-corrected chi connectivity index (χ0v) is 11.0. The number of hydrazine groups is 1. The van der Waals surface area contributed by atoms with Gasteiger partial charge in [-0.25, -0.2) is 5.84 Å². The molecule has 0 atom stereocenters. The number of rotatable bonds is 6. The van der Waals surface area contributed by atoms with Gasteiger partial charge in [-0.15, -0.1) is 0 Å². The van der Waals surface area contributed by atoms with Gasteiger partial charge in [-0.05, 0) is 31.3 Å². The smallest absolute Gasteiger partial charge is 0.327 e. The normalized spacial score (nSPS) is 20.2. The van der Waals surface area contributed by atoms with Crippen LogP contribution in [0.1, 0.15) is 46.0 Å². The minimum atomic E-state index is -0.296. The lowest BCUT2D eigenvalue weighted by Crippen LogP contribution is -2.40. The van der Waals surface area contributed by atoms with Gasteiger partial charge in [0.25, 0.3) is 0 Å². The van der Waals surface area contributed by atoms with Crippen molar-refractivity contribution in [2.24, 2.45) is 11.3 Å². The van der Waals surface area contributed by atoms with Gasteiger partial charge in [-0.2, -0.15) is 0 Å². The molecule has 0 spiro atoms. The average Bonchev–Trinajstić information content (AvgIpc) is 2.37. The summed E-state index contributed by atoms with van der Waals surface area (Å²) in [5.74, 6) is 4.61. The summed E-state index contributed by atoms with van der Waals surface area (Å²) in [5.41, 5.74) is 2.46. The first kappa shape index (κ1) is 14.4. The van der Waals surface area contributed by atoms with Crippen LogP contribution in [0.15, 0.2) is 0 Å². The molecular weight excluding hydrogens is 218 g/mol. The fourth-order valence-electron chi connectivity index (χ4n) is 2.57. The quantitative estimate of drug-likeness (QED) is 0.542. The predicted molar refractivity (Wildman–Crippen MR) is 66.7 cm³/mol. The standard InChI is InChI=1S/C12H25N3O2/c1-3-12(4-2)6-9-15(10-7-12)8-5-11(16)17-14-13/h14H,3-10,13H2,1-2H3. The van der Waals surface area contributed by atoms with Crippen molar-refractivity contribution in [1.29, 1.82) is 0 Å². The van der Waals surface area contributed by atoms with Gasteiger partial charge in [0.15, 0.2) is 0 Å². The van der Waals surface area contributed by atoms with Crippen LogP contribution in [-0.4, -0.2) is 30.5 Å². The monoisotopic (exact) mass is 243 g/mol. The van der Waals surface area contributed by atoms with E-state index >= 15 is 0 Å². The lowest BCUT2D eigenvalue weighted by atomic mass is 9.74. The van der Waals surface area contributed by atoms with E-state index in [1.54, 1.807) is 0 Å². The Bertz CT molecular complexity index is 232. The van der Waals surface area contributed by atoms with E-state index in [0.29, 0.717) is 11.8 Å². The van der Waals surface area contributed by atoms with E-state index in [-0.39, 0.29) is 5.97 Å². The molecule has 3 N–H and O–H groups in total. The number of hydrogen-bond acceptors (Lipinski definition) is 5. The fourth-order valence-corrected chi connectivity index (χ4v) is 2.57. The summed E-state index contributed by atoms with van der Waals surface area (Å²) < 4.78 is 0. The Labute approximate surface area is 104 Å². The summed E-state index contributed by atoms with van der Waals surface area (Å²) in [7, 11) is 0. The van der Waals surface area contributed by atoms with Crippen molar-refractivity contribution in [2.75, 3.05) is 19.6 Å². The Morgan fingerprint density at radius 3 is 2.41 bits per heavy atom. The third-order valence-corrected chi connectivity index (χ3v) is 4.22. The number of piperidine rings is 1. The maximum absolute atomic E-state index is 11.1. The molecule has 1 rings (SSSR count).